The van der Waals surface area contributed by atoms with Gasteiger partial charge in [0.25, 0.3) is 0 Å². The van der Waals surface area contributed by atoms with Crippen LogP contribution in [-0.2, 0) is 44.7 Å². The van der Waals surface area contributed by atoms with Gasteiger partial charge in [-0.3, -0.25) is 14.4 Å². The van der Waals surface area contributed by atoms with Crippen LogP contribution in [0, 0.1) is 0 Å². The van der Waals surface area contributed by atoms with E-state index in [1.165, 1.54) is 32.5 Å². The van der Waals surface area contributed by atoms with Gasteiger partial charge in [-0.05, 0) is 17.7 Å². The normalized spacial score (nSPS) is 24.1. The second kappa shape index (κ2) is 12.5. The van der Waals surface area contributed by atoms with Gasteiger partial charge in [0, 0.05) is 25.7 Å². The zero-order valence-corrected chi connectivity index (χ0v) is 20.1. The van der Waals surface area contributed by atoms with Crippen LogP contribution in [0.15, 0.2) is 65.6 Å². The molecule has 34 heavy (non-hydrogen) atoms. The summed E-state index contributed by atoms with van der Waals surface area (Å²) in [4.78, 5) is 36.3. The van der Waals surface area contributed by atoms with Gasteiger partial charge in [0.2, 0.25) is 0 Å². The highest BCUT2D eigenvalue weighted by Gasteiger charge is 2.51. The summed E-state index contributed by atoms with van der Waals surface area (Å²) in [6, 6.07) is 19.0. The molecular weight excluding hydrogens is 460 g/mol. The molecule has 1 aliphatic heterocycles. The minimum atomic E-state index is -1.03. The fourth-order valence-corrected chi connectivity index (χ4v) is 4.69. The number of benzene rings is 2. The molecule has 0 bridgehead atoms. The monoisotopic (exact) mass is 488 g/mol. The molecule has 0 unspecified atom stereocenters. The summed E-state index contributed by atoms with van der Waals surface area (Å²) in [6.45, 7) is 3.84. The van der Waals surface area contributed by atoms with Crippen molar-refractivity contribution in [2.75, 3.05) is 6.61 Å². The number of rotatable bonds is 9. The van der Waals surface area contributed by atoms with Crippen LogP contribution in [0.2, 0.25) is 0 Å². The molecule has 182 valence electrons. The summed E-state index contributed by atoms with van der Waals surface area (Å²) in [5.41, 5.74) is 0.265. The summed E-state index contributed by atoms with van der Waals surface area (Å²) in [5, 5.41) is 0. The first kappa shape index (κ1) is 25.7. The minimum Gasteiger partial charge on any atom is -0.463 e. The van der Waals surface area contributed by atoms with Crippen LogP contribution in [0.4, 0.5) is 0 Å². The van der Waals surface area contributed by atoms with E-state index in [1.54, 1.807) is 0 Å². The lowest BCUT2D eigenvalue weighted by molar-refractivity contribution is -0.241. The van der Waals surface area contributed by atoms with E-state index in [-0.39, 0.29) is 13.2 Å². The number of esters is 3. The zero-order chi connectivity index (χ0) is 24.5. The van der Waals surface area contributed by atoms with E-state index in [1.807, 2.05) is 60.7 Å². The third kappa shape index (κ3) is 7.58. The van der Waals surface area contributed by atoms with Crippen LogP contribution in [0.1, 0.15) is 26.3 Å². The highest BCUT2D eigenvalue weighted by molar-refractivity contribution is 7.99. The topological polar surface area (TPSA) is 97.4 Å². The predicted molar refractivity (Wildman–Crippen MR) is 124 cm³/mol. The summed E-state index contributed by atoms with van der Waals surface area (Å²) in [5.74, 6) is -1.66. The second-order valence-corrected chi connectivity index (χ2v) is 8.86. The number of ether oxygens (including phenoxy) is 5. The maximum absolute atomic E-state index is 12.0. The average molecular weight is 489 g/mol. The van der Waals surface area contributed by atoms with Crippen molar-refractivity contribution < 1.29 is 38.1 Å². The molecule has 0 aromatic heterocycles. The van der Waals surface area contributed by atoms with E-state index in [4.69, 9.17) is 23.7 Å². The van der Waals surface area contributed by atoms with Gasteiger partial charge in [-0.2, -0.15) is 0 Å². The van der Waals surface area contributed by atoms with Gasteiger partial charge < -0.3 is 23.7 Å². The van der Waals surface area contributed by atoms with Crippen molar-refractivity contribution in [1.82, 2.24) is 0 Å². The summed E-state index contributed by atoms with van der Waals surface area (Å²) < 4.78 is 28.8. The van der Waals surface area contributed by atoms with Crippen molar-refractivity contribution in [3.05, 3.63) is 66.2 Å². The largest absolute Gasteiger partial charge is 0.463 e. The van der Waals surface area contributed by atoms with Gasteiger partial charge in [-0.1, -0.05) is 60.3 Å². The standard InChI is InChI=1S/C25H28O8S/c1-16(26)29-15-21-22(31-17(2)27)23(32-18(3)28)24(30-14-19-10-6-4-7-11-19)25(33-21)34-20-12-8-5-9-13-20/h4-13,21-25H,14-15H2,1-3H3/t21-,22-,23+,24-,25-/m1/s1. The fourth-order valence-electron chi connectivity index (χ4n) is 3.54. The summed E-state index contributed by atoms with van der Waals surface area (Å²) in [7, 11) is 0. The Labute approximate surface area is 202 Å². The van der Waals surface area contributed by atoms with Crippen molar-refractivity contribution in [1.29, 1.82) is 0 Å². The molecule has 5 atom stereocenters. The van der Waals surface area contributed by atoms with Crippen LogP contribution < -0.4 is 0 Å². The van der Waals surface area contributed by atoms with Crippen molar-refractivity contribution in [2.45, 2.75) is 62.1 Å². The quantitative estimate of drug-likeness (QED) is 0.388. The first-order chi connectivity index (χ1) is 16.3. The lowest BCUT2D eigenvalue weighted by atomic mass is 9.99. The Morgan fingerprint density at radius 1 is 0.794 bits per heavy atom. The first-order valence-corrected chi connectivity index (χ1v) is 11.7. The van der Waals surface area contributed by atoms with E-state index >= 15 is 0 Å². The van der Waals surface area contributed by atoms with Gasteiger partial charge in [0.15, 0.2) is 12.2 Å². The highest BCUT2D eigenvalue weighted by atomic mass is 32.2. The molecule has 0 radical (unpaired) electrons. The molecule has 1 fully saturated rings. The molecule has 0 spiro atoms. The molecule has 1 heterocycles. The molecule has 1 saturated heterocycles. The third-order valence-corrected chi connectivity index (χ3v) is 6.08. The predicted octanol–water partition coefficient (Wildman–Crippen LogP) is 3.52. The lowest BCUT2D eigenvalue weighted by Gasteiger charge is -2.44. The van der Waals surface area contributed by atoms with Crippen LogP contribution in [0.3, 0.4) is 0 Å². The van der Waals surface area contributed by atoms with E-state index < -0.39 is 47.8 Å². The summed E-state index contributed by atoms with van der Waals surface area (Å²) in [6.07, 6.45) is -3.67. The Morgan fingerprint density at radius 3 is 1.97 bits per heavy atom. The lowest BCUT2D eigenvalue weighted by Crippen LogP contribution is -2.61. The Kier molecular flexibility index (Phi) is 9.50. The molecule has 0 saturated carbocycles. The van der Waals surface area contributed by atoms with E-state index in [0.29, 0.717) is 0 Å². The van der Waals surface area contributed by atoms with E-state index in [9.17, 15) is 14.4 Å². The zero-order valence-electron chi connectivity index (χ0n) is 19.2. The van der Waals surface area contributed by atoms with Gasteiger partial charge in [0.05, 0.1) is 6.61 Å². The minimum absolute atomic E-state index is 0.178. The van der Waals surface area contributed by atoms with Crippen LogP contribution in [-0.4, -0.2) is 54.4 Å². The number of hydrogen-bond acceptors (Lipinski definition) is 9. The van der Waals surface area contributed by atoms with Gasteiger partial charge in [0.1, 0.15) is 24.3 Å². The van der Waals surface area contributed by atoms with Gasteiger partial charge >= 0.3 is 17.9 Å². The number of thioether (sulfide) groups is 1. The van der Waals surface area contributed by atoms with E-state index in [2.05, 4.69) is 0 Å². The fraction of sp³-hybridized carbons (Fsp3) is 0.400. The van der Waals surface area contributed by atoms with Crippen molar-refractivity contribution in [2.24, 2.45) is 0 Å². The molecule has 0 aliphatic carbocycles. The molecule has 3 rings (SSSR count). The van der Waals surface area contributed by atoms with Gasteiger partial charge in [-0.25, -0.2) is 0 Å². The SMILES string of the molecule is CC(=O)OC[C@H]1O[C@H](Sc2ccccc2)[C@H](OCc2ccccc2)[C@@H](OC(C)=O)[C@@H]1OC(C)=O. The Hall–Kier alpha value is -2.88. The average Bonchev–Trinajstić information content (AvgIpc) is 2.80. The molecule has 0 N–H and O–H groups in total. The van der Waals surface area contributed by atoms with Crippen molar-refractivity contribution in [3.8, 4) is 0 Å². The molecule has 9 heteroatoms. The third-order valence-electron chi connectivity index (χ3n) is 4.93. The highest BCUT2D eigenvalue weighted by Crippen LogP contribution is 2.37. The number of carbonyl (C=O) groups is 3. The first-order valence-electron chi connectivity index (χ1n) is 10.8. The molecule has 0 amide bonds. The van der Waals surface area contributed by atoms with E-state index in [0.717, 1.165) is 10.5 Å². The van der Waals surface area contributed by atoms with Crippen LogP contribution >= 0.6 is 11.8 Å². The molecule has 1 aliphatic rings. The maximum atomic E-state index is 12.0. The maximum Gasteiger partial charge on any atom is 0.303 e. The molecule has 8 nitrogen and oxygen atoms in total. The summed E-state index contributed by atoms with van der Waals surface area (Å²) >= 11 is 1.38. The molecule has 2 aromatic rings. The number of hydrogen-bond donors (Lipinski definition) is 0. The van der Waals surface area contributed by atoms with Crippen LogP contribution in [0.5, 0.6) is 0 Å². The molecule has 2 aromatic carbocycles. The second-order valence-electron chi connectivity index (χ2n) is 7.69. The Bertz CT molecular complexity index is 952. The Morgan fingerprint density at radius 2 is 1.38 bits per heavy atom. The molecular formula is C25H28O8S. The number of carbonyl (C=O) groups excluding carboxylic acids is 3. The smallest absolute Gasteiger partial charge is 0.303 e. The van der Waals surface area contributed by atoms with Crippen molar-refractivity contribution in [3.63, 3.8) is 0 Å². The van der Waals surface area contributed by atoms with Gasteiger partial charge in [-0.15, -0.1) is 0 Å². The van der Waals surface area contributed by atoms with Crippen LogP contribution in [0.25, 0.3) is 0 Å². The Balaban J connectivity index is 1.94. The van der Waals surface area contributed by atoms with Crippen molar-refractivity contribution >= 4 is 29.7 Å².